The van der Waals surface area contributed by atoms with Gasteiger partial charge < -0.3 is 19.1 Å². The number of methoxy groups -OCH3 is 1. The monoisotopic (exact) mass is 481 g/mol. The Morgan fingerprint density at radius 3 is 2.29 bits per heavy atom. The van der Waals surface area contributed by atoms with Gasteiger partial charge in [0.05, 0.1) is 24.0 Å². The van der Waals surface area contributed by atoms with Gasteiger partial charge in [0.2, 0.25) is 0 Å². The molecule has 186 valence electrons. The van der Waals surface area contributed by atoms with Crippen LogP contribution < -0.4 is 4.74 Å². The fourth-order valence-electron chi connectivity index (χ4n) is 4.44. The number of nitrogens with zero attached hydrogens (tertiary/aromatic N) is 3. The molecule has 7 nitrogen and oxygen atoms in total. The van der Waals surface area contributed by atoms with Crippen molar-refractivity contribution >= 4 is 6.09 Å². The Labute approximate surface area is 205 Å². The Kier molecular flexibility index (Phi) is 6.36. The Bertz CT molecular complexity index is 1210. The first kappa shape index (κ1) is 24.7. The number of amides is 1. The summed E-state index contributed by atoms with van der Waals surface area (Å²) in [7, 11) is 1.59. The van der Waals surface area contributed by atoms with E-state index in [1.807, 2.05) is 39.2 Å². The average Bonchev–Trinajstić information content (AvgIpc) is 3.19. The van der Waals surface area contributed by atoms with Crippen molar-refractivity contribution in [3.05, 3.63) is 71.4 Å². The van der Waals surface area contributed by atoms with Crippen molar-refractivity contribution in [2.24, 2.45) is 0 Å². The molecule has 1 aromatic heterocycles. The molecule has 2 aromatic carbocycles. The lowest BCUT2D eigenvalue weighted by Gasteiger charge is -2.42. The van der Waals surface area contributed by atoms with E-state index in [1.54, 1.807) is 48.4 Å². The minimum Gasteiger partial charge on any atom is -0.497 e. The summed E-state index contributed by atoms with van der Waals surface area (Å²) in [5.74, 6) is 0.951. The molecule has 1 aliphatic rings. The zero-order valence-electron chi connectivity index (χ0n) is 21.0. The van der Waals surface area contributed by atoms with Gasteiger partial charge in [0, 0.05) is 18.7 Å². The molecule has 35 heavy (non-hydrogen) atoms. The number of carbonyl (C=O) groups excluding carboxylic acids is 1. The number of hydrogen-bond donors (Lipinski definition) is 1. The van der Waals surface area contributed by atoms with Gasteiger partial charge in [-0.15, -0.1) is 0 Å². The number of aromatic nitrogens is 2. The van der Waals surface area contributed by atoms with Gasteiger partial charge in [-0.3, -0.25) is 4.90 Å². The maximum atomic E-state index is 13.7. The van der Waals surface area contributed by atoms with Crippen molar-refractivity contribution in [2.45, 2.75) is 58.4 Å². The number of benzene rings is 2. The Hall–Kier alpha value is -3.39. The molecule has 0 saturated heterocycles. The summed E-state index contributed by atoms with van der Waals surface area (Å²) >= 11 is 0. The van der Waals surface area contributed by atoms with E-state index in [9.17, 15) is 14.3 Å². The lowest BCUT2D eigenvalue weighted by atomic mass is 9.98. The van der Waals surface area contributed by atoms with E-state index in [0.29, 0.717) is 47.2 Å². The molecule has 0 radical (unpaired) electrons. The number of aliphatic hydroxyl groups is 1. The van der Waals surface area contributed by atoms with Crippen molar-refractivity contribution in [1.82, 2.24) is 14.5 Å². The molecule has 0 spiro atoms. The topological polar surface area (TPSA) is 76.8 Å². The van der Waals surface area contributed by atoms with Crippen molar-refractivity contribution < 1.29 is 23.8 Å². The molecule has 0 fully saturated rings. The van der Waals surface area contributed by atoms with Crippen molar-refractivity contribution in [3.63, 3.8) is 0 Å². The first-order valence-electron chi connectivity index (χ1n) is 11.6. The lowest BCUT2D eigenvalue weighted by Crippen LogP contribution is -2.53. The summed E-state index contributed by atoms with van der Waals surface area (Å²) in [5.41, 5.74) is 1.04. The summed E-state index contributed by atoms with van der Waals surface area (Å²) in [6.07, 6.45) is -1.41. The van der Waals surface area contributed by atoms with Crippen LogP contribution in [0.1, 0.15) is 57.8 Å². The number of fused-ring (bicyclic) bond motifs is 1. The van der Waals surface area contributed by atoms with Crippen LogP contribution in [0.25, 0.3) is 11.3 Å². The molecule has 1 aliphatic heterocycles. The van der Waals surface area contributed by atoms with Gasteiger partial charge in [-0.05, 0) is 76.6 Å². The van der Waals surface area contributed by atoms with E-state index in [4.69, 9.17) is 14.5 Å². The van der Waals surface area contributed by atoms with E-state index in [-0.39, 0.29) is 5.82 Å². The maximum absolute atomic E-state index is 13.7. The third kappa shape index (κ3) is 4.75. The zero-order valence-corrected chi connectivity index (χ0v) is 21.0. The minimum atomic E-state index is -0.994. The van der Waals surface area contributed by atoms with Crippen LogP contribution in [0, 0.1) is 5.82 Å². The predicted molar refractivity (Wildman–Crippen MR) is 131 cm³/mol. The van der Waals surface area contributed by atoms with Crippen molar-refractivity contribution in [1.29, 1.82) is 0 Å². The molecule has 2 heterocycles. The lowest BCUT2D eigenvalue weighted by molar-refractivity contribution is -0.00746. The fraction of sp³-hybridized carbons (Fsp3) is 0.407. The average molecular weight is 482 g/mol. The molecular formula is C27H32FN3O4. The third-order valence-corrected chi connectivity index (χ3v) is 6.20. The molecule has 3 aromatic rings. The van der Waals surface area contributed by atoms with E-state index in [2.05, 4.69) is 0 Å². The second-order valence-corrected chi connectivity index (χ2v) is 10.2. The summed E-state index contributed by atoms with van der Waals surface area (Å²) in [4.78, 5) is 19.6. The van der Waals surface area contributed by atoms with Gasteiger partial charge in [-0.25, -0.2) is 14.2 Å². The number of carbonyl (C=O) groups is 1. The van der Waals surface area contributed by atoms with Gasteiger partial charge in [0.1, 0.15) is 29.1 Å². The van der Waals surface area contributed by atoms with Gasteiger partial charge in [0.15, 0.2) is 0 Å². The van der Waals surface area contributed by atoms with Crippen molar-refractivity contribution in [3.8, 4) is 17.0 Å². The van der Waals surface area contributed by atoms with E-state index < -0.39 is 23.3 Å². The summed E-state index contributed by atoms with van der Waals surface area (Å²) in [6, 6.07) is 13.2. The van der Waals surface area contributed by atoms with Crippen LogP contribution in [0.4, 0.5) is 9.18 Å². The van der Waals surface area contributed by atoms with Crippen LogP contribution in [0.3, 0.4) is 0 Å². The molecule has 0 saturated carbocycles. The first-order valence-corrected chi connectivity index (χ1v) is 11.6. The zero-order chi connectivity index (χ0) is 25.5. The molecule has 1 N–H and O–H groups in total. The quantitative estimate of drug-likeness (QED) is 0.550. The van der Waals surface area contributed by atoms with Crippen LogP contribution in [0.5, 0.6) is 5.75 Å². The SMILES string of the molecule is COc1ccc(C(O)c2c(-c3ccc(F)cc3)nc3n2CCN(C(=O)OC(C)(C)C)C3(C)C)cc1. The number of hydrogen-bond acceptors (Lipinski definition) is 5. The summed E-state index contributed by atoms with van der Waals surface area (Å²) < 4.78 is 26.5. The van der Waals surface area contributed by atoms with Crippen molar-refractivity contribution in [2.75, 3.05) is 13.7 Å². The number of imidazole rings is 1. The Balaban J connectivity index is 1.84. The molecule has 1 atom stereocenters. The van der Waals surface area contributed by atoms with E-state index >= 15 is 0 Å². The number of aliphatic hydroxyl groups excluding tert-OH is 1. The van der Waals surface area contributed by atoms with Crippen LogP contribution in [-0.2, 0) is 16.8 Å². The molecular weight excluding hydrogens is 449 g/mol. The Morgan fingerprint density at radius 1 is 1.09 bits per heavy atom. The maximum Gasteiger partial charge on any atom is 0.411 e. The summed E-state index contributed by atoms with van der Waals surface area (Å²) in [6.45, 7) is 10.1. The van der Waals surface area contributed by atoms with Crippen LogP contribution in [0.2, 0.25) is 0 Å². The molecule has 8 heteroatoms. The molecule has 1 amide bonds. The van der Waals surface area contributed by atoms with E-state index in [0.717, 1.165) is 0 Å². The standard InChI is InChI=1S/C27H32FN3O4/c1-26(2,3)35-25(33)31-16-15-30-22(23(32)18-9-13-20(34-6)14-10-18)21(29-24(30)27(31,4)5)17-7-11-19(28)12-8-17/h7-14,23,32H,15-16H2,1-6H3. The summed E-state index contributed by atoms with van der Waals surface area (Å²) in [5, 5.41) is 11.5. The highest BCUT2D eigenvalue weighted by Crippen LogP contribution is 2.40. The number of rotatable bonds is 4. The molecule has 1 unspecified atom stereocenters. The first-order chi connectivity index (χ1) is 16.4. The normalized spacial score (nSPS) is 15.9. The third-order valence-electron chi connectivity index (χ3n) is 6.20. The molecule has 0 bridgehead atoms. The highest BCUT2D eigenvalue weighted by atomic mass is 19.1. The van der Waals surface area contributed by atoms with Crippen LogP contribution in [-0.4, -0.2) is 44.9 Å². The highest BCUT2D eigenvalue weighted by molar-refractivity contribution is 5.70. The highest BCUT2D eigenvalue weighted by Gasteiger charge is 2.44. The number of halogens is 1. The largest absolute Gasteiger partial charge is 0.497 e. The van der Waals surface area contributed by atoms with E-state index in [1.165, 1.54) is 12.1 Å². The van der Waals surface area contributed by atoms with Crippen LogP contribution in [0.15, 0.2) is 48.5 Å². The second-order valence-electron chi connectivity index (χ2n) is 10.2. The second kappa shape index (κ2) is 9.00. The smallest absolute Gasteiger partial charge is 0.411 e. The Morgan fingerprint density at radius 2 is 1.71 bits per heavy atom. The van der Waals surface area contributed by atoms with Gasteiger partial charge in [-0.1, -0.05) is 12.1 Å². The van der Waals surface area contributed by atoms with Gasteiger partial charge >= 0.3 is 6.09 Å². The minimum absolute atomic E-state index is 0.355. The molecule has 0 aliphatic carbocycles. The van der Waals surface area contributed by atoms with Gasteiger partial charge in [0.25, 0.3) is 0 Å². The predicted octanol–water partition coefficient (Wildman–Crippen LogP) is 5.27. The van der Waals surface area contributed by atoms with Gasteiger partial charge in [-0.2, -0.15) is 0 Å². The van der Waals surface area contributed by atoms with Crippen LogP contribution >= 0.6 is 0 Å². The molecule has 4 rings (SSSR count). The number of ether oxygens (including phenoxy) is 2. The fourth-order valence-corrected chi connectivity index (χ4v) is 4.44.